The van der Waals surface area contributed by atoms with Crippen LogP contribution in [0.25, 0.3) is 0 Å². The second-order valence-electron chi connectivity index (χ2n) is 4.74. The van der Waals surface area contributed by atoms with Gasteiger partial charge < -0.3 is 9.47 Å². The molecule has 0 saturated carbocycles. The molecule has 1 aliphatic heterocycles. The predicted octanol–water partition coefficient (Wildman–Crippen LogP) is 1.21. The molecule has 0 aromatic heterocycles. The fourth-order valence-corrected chi connectivity index (χ4v) is 2.71. The van der Waals surface area contributed by atoms with Crippen LogP contribution in [0.15, 0.2) is 29.2 Å². The first-order chi connectivity index (χ1) is 9.54. The van der Waals surface area contributed by atoms with E-state index in [-0.39, 0.29) is 37.3 Å². The lowest BCUT2D eigenvalue weighted by Crippen LogP contribution is -2.19. The molecule has 2 atom stereocenters. The van der Waals surface area contributed by atoms with Crippen LogP contribution in [0.5, 0.6) is 0 Å². The Morgan fingerprint density at radius 2 is 2.10 bits per heavy atom. The first-order valence-corrected chi connectivity index (χ1v) is 7.63. The summed E-state index contributed by atoms with van der Waals surface area (Å²) in [6, 6.07) is 7.17. The molecule has 5 nitrogen and oxygen atoms in total. The van der Waals surface area contributed by atoms with Gasteiger partial charge in [0.15, 0.2) is 0 Å². The predicted molar refractivity (Wildman–Crippen MR) is 72.5 cm³/mol. The lowest BCUT2D eigenvalue weighted by atomic mass is 10.1. The molecule has 1 aromatic rings. The van der Waals surface area contributed by atoms with Crippen molar-refractivity contribution in [2.75, 3.05) is 19.0 Å². The maximum atomic E-state index is 11.9. The Labute approximate surface area is 119 Å². The van der Waals surface area contributed by atoms with Crippen molar-refractivity contribution in [3.05, 3.63) is 29.8 Å². The fourth-order valence-electron chi connectivity index (χ4n) is 1.80. The summed E-state index contributed by atoms with van der Waals surface area (Å²) >= 11 is 0. The Bertz CT molecular complexity index is 523. The second kappa shape index (κ2) is 6.65. The summed E-state index contributed by atoms with van der Waals surface area (Å²) in [7, 11) is -1.40. The normalized spacial score (nSPS) is 19.4. The number of carbonyl (C=O) groups is 2. The van der Waals surface area contributed by atoms with E-state index < -0.39 is 16.8 Å². The molecule has 2 rings (SSSR count). The number of carbonyl (C=O) groups excluding carboxylic acids is 2. The van der Waals surface area contributed by atoms with Gasteiger partial charge in [-0.05, 0) is 19.1 Å². The van der Waals surface area contributed by atoms with Crippen molar-refractivity contribution in [3.63, 3.8) is 0 Å². The van der Waals surface area contributed by atoms with E-state index in [1.54, 1.807) is 12.1 Å². The summed E-state index contributed by atoms with van der Waals surface area (Å²) in [5, 5.41) is 0. The molecule has 0 unspecified atom stereocenters. The van der Waals surface area contributed by atoms with E-state index in [9.17, 15) is 13.8 Å². The minimum atomic E-state index is -1.40. The summed E-state index contributed by atoms with van der Waals surface area (Å²) in [6.45, 7) is 2.36. The standard InChI is InChI=1S/C14H16O5S/c1-10-2-4-12(5-3-10)20(17)9-14(16)19-8-11-6-13(15)18-7-11/h2-5,11H,6-9H2,1H3/t11-,20-/m1/s1. The van der Waals surface area contributed by atoms with E-state index in [1.165, 1.54) is 0 Å². The number of esters is 2. The molecular weight excluding hydrogens is 280 g/mol. The molecule has 0 spiro atoms. The molecule has 0 bridgehead atoms. The molecular formula is C14H16O5S. The van der Waals surface area contributed by atoms with Gasteiger partial charge in [-0.2, -0.15) is 0 Å². The molecule has 108 valence electrons. The van der Waals surface area contributed by atoms with Gasteiger partial charge in [0, 0.05) is 10.8 Å². The van der Waals surface area contributed by atoms with Crippen LogP contribution in [0.4, 0.5) is 0 Å². The monoisotopic (exact) mass is 296 g/mol. The van der Waals surface area contributed by atoms with Crippen molar-refractivity contribution in [3.8, 4) is 0 Å². The van der Waals surface area contributed by atoms with E-state index in [4.69, 9.17) is 9.47 Å². The van der Waals surface area contributed by atoms with Gasteiger partial charge in [-0.15, -0.1) is 0 Å². The first-order valence-electron chi connectivity index (χ1n) is 6.31. The number of hydrogen-bond acceptors (Lipinski definition) is 5. The zero-order valence-electron chi connectivity index (χ0n) is 11.2. The van der Waals surface area contributed by atoms with Crippen LogP contribution >= 0.6 is 0 Å². The average Bonchev–Trinajstić information content (AvgIpc) is 2.83. The number of benzene rings is 1. The number of hydrogen-bond donors (Lipinski definition) is 0. The van der Waals surface area contributed by atoms with Gasteiger partial charge >= 0.3 is 11.9 Å². The molecule has 0 aliphatic carbocycles. The number of ether oxygens (including phenoxy) is 2. The summed E-state index contributed by atoms with van der Waals surface area (Å²) in [6.07, 6.45) is 0.272. The van der Waals surface area contributed by atoms with Crippen LogP contribution in [-0.2, 0) is 29.9 Å². The third-order valence-electron chi connectivity index (χ3n) is 2.95. The maximum absolute atomic E-state index is 11.9. The van der Waals surface area contributed by atoms with Crippen molar-refractivity contribution in [1.29, 1.82) is 0 Å². The average molecular weight is 296 g/mol. The van der Waals surface area contributed by atoms with Crippen molar-refractivity contribution >= 4 is 22.7 Å². The zero-order valence-corrected chi connectivity index (χ0v) is 12.0. The van der Waals surface area contributed by atoms with Crippen LogP contribution < -0.4 is 0 Å². The van der Waals surface area contributed by atoms with Gasteiger partial charge in [-0.3, -0.25) is 13.8 Å². The lowest BCUT2D eigenvalue weighted by Gasteiger charge is -2.08. The molecule has 6 heteroatoms. The van der Waals surface area contributed by atoms with Crippen molar-refractivity contribution in [1.82, 2.24) is 0 Å². The van der Waals surface area contributed by atoms with E-state index >= 15 is 0 Å². The minimum Gasteiger partial charge on any atom is -0.465 e. The minimum absolute atomic E-state index is 0.0840. The molecule has 1 fully saturated rings. The van der Waals surface area contributed by atoms with Crippen molar-refractivity contribution in [2.45, 2.75) is 18.2 Å². The lowest BCUT2D eigenvalue weighted by molar-refractivity contribution is -0.141. The quantitative estimate of drug-likeness (QED) is 0.764. The second-order valence-corrected chi connectivity index (χ2v) is 6.19. The molecule has 1 aliphatic rings. The number of cyclic esters (lactones) is 1. The SMILES string of the molecule is Cc1ccc([S@](=O)CC(=O)OC[C@H]2COC(=O)C2)cc1. The summed E-state index contributed by atoms with van der Waals surface area (Å²) in [5.41, 5.74) is 1.07. The molecule has 1 heterocycles. The van der Waals surface area contributed by atoms with Crippen LogP contribution in [0.1, 0.15) is 12.0 Å². The molecule has 1 aromatic carbocycles. The molecule has 0 N–H and O–H groups in total. The van der Waals surface area contributed by atoms with E-state index in [2.05, 4.69) is 0 Å². The molecule has 1 saturated heterocycles. The Balaban J connectivity index is 1.77. The Hall–Kier alpha value is -1.69. The first kappa shape index (κ1) is 14.7. The van der Waals surface area contributed by atoms with Gasteiger partial charge in [-0.1, -0.05) is 17.7 Å². The van der Waals surface area contributed by atoms with Gasteiger partial charge in [0.25, 0.3) is 0 Å². The topological polar surface area (TPSA) is 69.7 Å². The van der Waals surface area contributed by atoms with Gasteiger partial charge in [-0.25, -0.2) is 0 Å². The highest BCUT2D eigenvalue weighted by molar-refractivity contribution is 7.85. The summed E-state index contributed by atoms with van der Waals surface area (Å²) < 4.78 is 21.7. The summed E-state index contributed by atoms with van der Waals surface area (Å²) in [5.74, 6) is -1.05. The fraction of sp³-hybridized carbons (Fsp3) is 0.429. The summed E-state index contributed by atoms with van der Waals surface area (Å²) in [4.78, 5) is 23.1. The number of aryl methyl sites for hydroxylation is 1. The van der Waals surface area contributed by atoms with E-state index in [1.807, 2.05) is 19.1 Å². The molecule has 0 amide bonds. The van der Waals surface area contributed by atoms with Crippen molar-refractivity contribution in [2.24, 2.45) is 5.92 Å². The van der Waals surface area contributed by atoms with Gasteiger partial charge in [0.2, 0.25) is 0 Å². The Kier molecular flexibility index (Phi) is 4.89. The van der Waals surface area contributed by atoms with Crippen molar-refractivity contribution < 1.29 is 23.3 Å². The third kappa shape index (κ3) is 4.16. The number of rotatable bonds is 5. The highest BCUT2D eigenvalue weighted by atomic mass is 32.2. The Morgan fingerprint density at radius 1 is 1.40 bits per heavy atom. The van der Waals surface area contributed by atoms with Crippen LogP contribution in [-0.4, -0.2) is 35.1 Å². The van der Waals surface area contributed by atoms with Crippen LogP contribution in [0, 0.1) is 12.8 Å². The smallest absolute Gasteiger partial charge is 0.318 e. The van der Waals surface area contributed by atoms with Crippen LogP contribution in [0.2, 0.25) is 0 Å². The molecule has 0 radical (unpaired) electrons. The highest BCUT2D eigenvalue weighted by Crippen LogP contribution is 2.14. The third-order valence-corrected chi connectivity index (χ3v) is 4.24. The highest BCUT2D eigenvalue weighted by Gasteiger charge is 2.25. The maximum Gasteiger partial charge on any atom is 0.318 e. The van der Waals surface area contributed by atoms with Gasteiger partial charge in [0.05, 0.1) is 30.4 Å². The Morgan fingerprint density at radius 3 is 2.70 bits per heavy atom. The largest absolute Gasteiger partial charge is 0.465 e. The van der Waals surface area contributed by atoms with Crippen LogP contribution in [0.3, 0.4) is 0 Å². The van der Waals surface area contributed by atoms with E-state index in [0.29, 0.717) is 4.90 Å². The molecule has 20 heavy (non-hydrogen) atoms. The van der Waals surface area contributed by atoms with E-state index in [0.717, 1.165) is 5.56 Å². The van der Waals surface area contributed by atoms with Gasteiger partial charge in [0.1, 0.15) is 5.75 Å². The zero-order chi connectivity index (χ0) is 14.5.